The number of aromatic nitrogens is 3. The van der Waals surface area contributed by atoms with Crippen molar-refractivity contribution in [3.05, 3.63) is 53.6 Å². The second-order valence-electron chi connectivity index (χ2n) is 8.03. The third-order valence-corrected chi connectivity index (χ3v) is 5.89. The zero-order chi connectivity index (χ0) is 22.2. The number of H-pyrrole nitrogens is 1. The highest BCUT2D eigenvalue weighted by molar-refractivity contribution is 5.91. The number of fused-ring (bicyclic) bond motifs is 3. The van der Waals surface area contributed by atoms with E-state index in [2.05, 4.69) is 20.5 Å². The predicted octanol–water partition coefficient (Wildman–Crippen LogP) is 3.23. The first-order chi connectivity index (χ1) is 15.5. The van der Waals surface area contributed by atoms with Gasteiger partial charge in [-0.3, -0.25) is 19.8 Å². The summed E-state index contributed by atoms with van der Waals surface area (Å²) in [5.41, 5.74) is 5.73. The van der Waals surface area contributed by atoms with E-state index >= 15 is 0 Å². The molecule has 0 bridgehead atoms. The Labute approximate surface area is 183 Å². The highest BCUT2D eigenvalue weighted by Gasteiger charge is 2.33. The fourth-order valence-corrected chi connectivity index (χ4v) is 4.37. The van der Waals surface area contributed by atoms with Gasteiger partial charge in [0.25, 0.3) is 0 Å². The van der Waals surface area contributed by atoms with Gasteiger partial charge in [0.2, 0.25) is 5.91 Å². The molecule has 1 aliphatic heterocycles. The Morgan fingerprint density at radius 1 is 1.31 bits per heavy atom. The minimum Gasteiger partial charge on any atom is -0.442 e. The molecule has 0 radical (unpaired) electrons. The molecule has 2 aromatic heterocycles. The molecule has 1 saturated heterocycles. The monoisotopic (exact) mass is 435 g/mol. The van der Waals surface area contributed by atoms with Crippen LogP contribution in [-0.4, -0.2) is 46.4 Å². The molecule has 9 heteroatoms. The number of cyclic esters (lactones) is 1. The van der Waals surface area contributed by atoms with Crippen LogP contribution in [-0.2, 0) is 22.4 Å². The number of anilines is 1. The Hall–Kier alpha value is -3.75. The summed E-state index contributed by atoms with van der Waals surface area (Å²) in [6.07, 6.45) is 4.40. The summed E-state index contributed by atoms with van der Waals surface area (Å²) in [6.45, 7) is 2.09. The van der Waals surface area contributed by atoms with E-state index < -0.39 is 6.09 Å². The van der Waals surface area contributed by atoms with Crippen LogP contribution in [0.2, 0.25) is 0 Å². The van der Waals surface area contributed by atoms with Crippen LogP contribution in [0, 0.1) is 5.82 Å². The molecule has 1 fully saturated rings. The molecule has 32 heavy (non-hydrogen) atoms. The molecular formula is C23H22FN5O3. The normalized spacial score (nSPS) is 17.4. The Balaban J connectivity index is 1.45. The summed E-state index contributed by atoms with van der Waals surface area (Å²) >= 11 is 0. The summed E-state index contributed by atoms with van der Waals surface area (Å²) in [5, 5.41) is 10.2. The van der Waals surface area contributed by atoms with Crippen LogP contribution in [0.3, 0.4) is 0 Å². The van der Waals surface area contributed by atoms with Crippen molar-refractivity contribution in [1.82, 2.24) is 20.5 Å². The highest BCUT2D eigenvalue weighted by atomic mass is 19.1. The summed E-state index contributed by atoms with van der Waals surface area (Å²) in [5.74, 6) is -0.550. The number of aromatic amines is 1. The minimum atomic E-state index is -0.426. The van der Waals surface area contributed by atoms with Crippen molar-refractivity contribution in [2.75, 3.05) is 18.0 Å². The van der Waals surface area contributed by atoms with Crippen LogP contribution in [0.15, 0.2) is 36.7 Å². The number of ether oxygens (including phenoxy) is 1. The second-order valence-corrected chi connectivity index (χ2v) is 8.03. The largest absolute Gasteiger partial charge is 0.442 e. The summed E-state index contributed by atoms with van der Waals surface area (Å²) in [6, 6.07) is 7.47. The topological polar surface area (TPSA) is 100 Å². The van der Waals surface area contributed by atoms with E-state index in [1.54, 1.807) is 17.2 Å². The number of hydrogen-bond donors (Lipinski definition) is 2. The van der Waals surface area contributed by atoms with Gasteiger partial charge in [-0.05, 0) is 43.0 Å². The number of pyridine rings is 1. The lowest BCUT2D eigenvalue weighted by atomic mass is 9.99. The highest BCUT2D eigenvalue weighted by Crippen LogP contribution is 2.38. The lowest BCUT2D eigenvalue weighted by molar-refractivity contribution is -0.119. The second kappa shape index (κ2) is 8.07. The SMILES string of the molecule is CC(=O)NCC1CN(c2ccc3c(c2)CCCc2c-3n[nH]c2-c2ccncc2F)C(=O)O1. The number of nitrogens with one attached hydrogen (secondary N) is 2. The number of carbonyl (C=O) groups excluding carboxylic acids is 2. The Morgan fingerprint density at radius 3 is 3.00 bits per heavy atom. The summed E-state index contributed by atoms with van der Waals surface area (Å²) in [7, 11) is 0. The Morgan fingerprint density at radius 2 is 2.19 bits per heavy atom. The summed E-state index contributed by atoms with van der Waals surface area (Å²) < 4.78 is 19.7. The number of amides is 2. The molecule has 0 spiro atoms. The number of halogens is 1. The van der Waals surface area contributed by atoms with E-state index in [-0.39, 0.29) is 24.4 Å². The van der Waals surface area contributed by atoms with Crippen LogP contribution >= 0.6 is 0 Å². The fraction of sp³-hybridized carbons (Fsp3) is 0.304. The van der Waals surface area contributed by atoms with Gasteiger partial charge in [-0.1, -0.05) is 6.07 Å². The summed E-state index contributed by atoms with van der Waals surface area (Å²) in [4.78, 5) is 28.9. The van der Waals surface area contributed by atoms with Crippen molar-refractivity contribution in [2.24, 2.45) is 0 Å². The smallest absolute Gasteiger partial charge is 0.414 e. The van der Waals surface area contributed by atoms with Gasteiger partial charge in [0.05, 0.1) is 30.7 Å². The number of aryl methyl sites for hydroxylation is 1. The Kier molecular flexibility index (Phi) is 5.08. The number of benzene rings is 1. The standard InChI is InChI=1S/C23H22FN5O3/c1-13(30)26-10-16-12-29(23(31)32-16)15-5-6-17-14(9-15)3-2-4-19-21(17)27-28-22(19)18-7-8-25-11-20(18)24/h5-9,11,16H,2-4,10,12H2,1H3,(H,26,30)(H,27,28). The van der Waals surface area contributed by atoms with E-state index in [9.17, 15) is 14.0 Å². The molecule has 2 N–H and O–H groups in total. The Bertz CT molecular complexity index is 1210. The van der Waals surface area contributed by atoms with Gasteiger partial charge in [-0.25, -0.2) is 9.18 Å². The zero-order valence-corrected chi connectivity index (χ0v) is 17.5. The lowest BCUT2D eigenvalue weighted by Crippen LogP contribution is -2.33. The fourth-order valence-electron chi connectivity index (χ4n) is 4.37. The average Bonchev–Trinajstić information content (AvgIpc) is 3.31. The van der Waals surface area contributed by atoms with Gasteiger partial charge < -0.3 is 10.1 Å². The molecule has 1 aromatic carbocycles. The number of rotatable bonds is 4. The van der Waals surface area contributed by atoms with Gasteiger partial charge in [0.1, 0.15) is 6.10 Å². The molecule has 3 heterocycles. The van der Waals surface area contributed by atoms with Crippen molar-refractivity contribution in [2.45, 2.75) is 32.3 Å². The van der Waals surface area contributed by atoms with Crippen molar-refractivity contribution in [3.8, 4) is 22.5 Å². The molecule has 8 nitrogen and oxygen atoms in total. The molecule has 0 saturated carbocycles. The first-order valence-electron chi connectivity index (χ1n) is 10.5. The first kappa shape index (κ1) is 20.2. The van der Waals surface area contributed by atoms with Crippen LogP contribution in [0.4, 0.5) is 14.9 Å². The third-order valence-electron chi connectivity index (χ3n) is 5.89. The molecule has 164 valence electrons. The average molecular weight is 435 g/mol. The molecular weight excluding hydrogens is 413 g/mol. The van der Waals surface area contributed by atoms with Crippen LogP contribution in [0.25, 0.3) is 22.5 Å². The molecule has 1 aliphatic carbocycles. The van der Waals surface area contributed by atoms with E-state index in [4.69, 9.17) is 4.74 Å². The maximum absolute atomic E-state index is 14.3. The third kappa shape index (κ3) is 3.59. The number of hydrogen-bond acceptors (Lipinski definition) is 5. The van der Waals surface area contributed by atoms with Crippen LogP contribution in [0.1, 0.15) is 24.5 Å². The van der Waals surface area contributed by atoms with Gasteiger partial charge >= 0.3 is 6.09 Å². The van der Waals surface area contributed by atoms with Crippen molar-refractivity contribution >= 4 is 17.7 Å². The quantitative estimate of drug-likeness (QED) is 0.655. The van der Waals surface area contributed by atoms with E-state index in [0.717, 1.165) is 47.3 Å². The van der Waals surface area contributed by atoms with Gasteiger partial charge in [0.15, 0.2) is 5.82 Å². The maximum atomic E-state index is 14.3. The van der Waals surface area contributed by atoms with E-state index in [1.165, 1.54) is 13.1 Å². The van der Waals surface area contributed by atoms with Crippen molar-refractivity contribution in [3.63, 3.8) is 0 Å². The minimum absolute atomic E-state index is 0.162. The molecule has 2 aliphatic rings. The maximum Gasteiger partial charge on any atom is 0.414 e. The molecule has 2 amide bonds. The molecule has 3 aromatic rings. The van der Waals surface area contributed by atoms with Gasteiger partial charge in [0, 0.05) is 35.5 Å². The number of nitrogens with zero attached hydrogens (tertiary/aromatic N) is 3. The van der Waals surface area contributed by atoms with Gasteiger partial charge in [-0.15, -0.1) is 0 Å². The molecule has 1 unspecified atom stereocenters. The number of carbonyl (C=O) groups is 2. The first-order valence-corrected chi connectivity index (χ1v) is 10.5. The molecule has 5 rings (SSSR count). The van der Waals surface area contributed by atoms with Crippen LogP contribution in [0.5, 0.6) is 0 Å². The van der Waals surface area contributed by atoms with Gasteiger partial charge in [-0.2, -0.15) is 5.10 Å². The predicted molar refractivity (Wildman–Crippen MR) is 116 cm³/mol. The molecule has 1 atom stereocenters. The van der Waals surface area contributed by atoms with E-state index in [0.29, 0.717) is 17.8 Å². The lowest BCUT2D eigenvalue weighted by Gasteiger charge is -2.16. The van der Waals surface area contributed by atoms with Crippen LogP contribution < -0.4 is 10.2 Å². The van der Waals surface area contributed by atoms with E-state index in [1.807, 2.05) is 18.2 Å². The zero-order valence-electron chi connectivity index (χ0n) is 17.5. The van der Waals surface area contributed by atoms with Crippen molar-refractivity contribution < 1.29 is 18.7 Å². The van der Waals surface area contributed by atoms with Crippen molar-refractivity contribution in [1.29, 1.82) is 0 Å².